The maximum Gasteiger partial charge on any atom is 0.246 e. The van der Waals surface area contributed by atoms with Gasteiger partial charge in [-0.15, -0.1) is 0 Å². The number of rotatable bonds is 5. The van der Waals surface area contributed by atoms with Gasteiger partial charge in [-0.2, -0.15) is 4.31 Å². The van der Waals surface area contributed by atoms with E-state index in [4.69, 9.17) is 14.2 Å². The first kappa shape index (κ1) is 17.5. The van der Waals surface area contributed by atoms with Crippen LogP contribution in [0.1, 0.15) is 6.92 Å². The van der Waals surface area contributed by atoms with E-state index >= 15 is 0 Å². The zero-order chi connectivity index (χ0) is 17.0. The topological polar surface area (TPSA) is 94.2 Å². The molecule has 1 aliphatic rings. The molecule has 8 nitrogen and oxygen atoms in total. The summed E-state index contributed by atoms with van der Waals surface area (Å²) in [4.78, 5) is 11.3. The van der Waals surface area contributed by atoms with Crippen LogP contribution in [-0.2, 0) is 19.6 Å². The summed E-state index contributed by atoms with van der Waals surface area (Å²) in [7, 11) is -0.960. The summed E-state index contributed by atoms with van der Waals surface area (Å²) in [6.07, 6.45) is 0. The Hall–Kier alpha value is -1.84. The molecular weight excluding hydrogens is 324 g/mol. The molecule has 0 spiro atoms. The van der Waals surface area contributed by atoms with Gasteiger partial charge in [0.05, 0.1) is 33.1 Å². The van der Waals surface area contributed by atoms with Gasteiger partial charge in [0.25, 0.3) is 0 Å². The van der Waals surface area contributed by atoms with Crippen molar-refractivity contribution in [3.8, 4) is 11.5 Å². The second kappa shape index (κ2) is 7.16. The van der Waals surface area contributed by atoms with Gasteiger partial charge in [-0.05, 0) is 6.07 Å². The molecule has 1 N–H and O–H groups in total. The summed E-state index contributed by atoms with van der Waals surface area (Å²) < 4.78 is 42.6. The molecule has 0 atom stereocenters. The van der Waals surface area contributed by atoms with Crippen molar-refractivity contribution in [1.29, 1.82) is 0 Å². The number of hydrogen-bond acceptors (Lipinski definition) is 6. The molecule has 1 fully saturated rings. The number of benzene rings is 1. The lowest BCUT2D eigenvalue weighted by molar-refractivity contribution is -0.114. The number of morpholine rings is 1. The van der Waals surface area contributed by atoms with E-state index in [0.717, 1.165) is 0 Å². The Morgan fingerprint density at radius 1 is 1.17 bits per heavy atom. The predicted molar refractivity (Wildman–Crippen MR) is 83.4 cm³/mol. The summed E-state index contributed by atoms with van der Waals surface area (Å²) in [6.45, 7) is 2.56. The van der Waals surface area contributed by atoms with Gasteiger partial charge in [-0.25, -0.2) is 8.42 Å². The smallest absolute Gasteiger partial charge is 0.246 e. The number of anilines is 1. The second-order valence-electron chi connectivity index (χ2n) is 4.90. The fraction of sp³-hybridized carbons (Fsp3) is 0.500. The quantitative estimate of drug-likeness (QED) is 0.844. The van der Waals surface area contributed by atoms with Crippen LogP contribution in [0.25, 0.3) is 0 Å². The van der Waals surface area contributed by atoms with Gasteiger partial charge in [0.2, 0.25) is 15.9 Å². The number of ether oxygens (including phenoxy) is 3. The number of hydrogen-bond donors (Lipinski definition) is 1. The zero-order valence-corrected chi connectivity index (χ0v) is 14.1. The van der Waals surface area contributed by atoms with Crippen molar-refractivity contribution in [2.75, 3.05) is 45.8 Å². The van der Waals surface area contributed by atoms with Gasteiger partial charge in [0.1, 0.15) is 16.4 Å². The summed E-state index contributed by atoms with van der Waals surface area (Å²) >= 11 is 0. The lowest BCUT2D eigenvalue weighted by Gasteiger charge is -2.27. The van der Waals surface area contributed by atoms with E-state index in [2.05, 4.69) is 5.32 Å². The Kier molecular flexibility index (Phi) is 5.45. The molecule has 128 valence electrons. The molecule has 2 rings (SSSR count). The summed E-state index contributed by atoms with van der Waals surface area (Å²) in [5, 5.41) is 2.56. The molecule has 1 saturated heterocycles. The normalized spacial score (nSPS) is 16.0. The van der Waals surface area contributed by atoms with Crippen LogP contribution in [0.4, 0.5) is 5.69 Å². The minimum atomic E-state index is -3.77. The molecule has 0 saturated carbocycles. The van der Waals surface area contributed by atoms with E-state index in [9.17, 15) is 13.2 Å². The van der Waals surface area contributed by atoms with Gasteiger partial charge in [-0.3, -0.25) is 4.79 Å². The minimum absolute atomic E-state index is 0.0218. The Balaban J connectivity index is 2.52. The number of methoxy groups -OCH3 is 2. The Morgan fingerprint density at radius 3 is 2.30 bits per heavy atom. The van der Waals surface area contributed by atoms with Crippen LogP contribution in [-0.4, -0.2) is 59.2 Å². The van der Waals surface area contributed by atoms with Gasteiger partial charge in [0.15, 0.2) is 0 Å². The molecule has 1 aromatic carbocycles. The Morgan fingerprint density at radius 2 is 1.78 bits per heavy atom. The lowest BCUT2D eigenvalue weighted by atomic mass is 10.2. The molecule has 1 aromatic rings. The number of carbonyl (C=O) groups is 1. The highest BCUT2D eigenvalue weighted by Gasteiger charge is 2.30. The molecule has 1 amide bonds. The molecular formula is C14H20N2O6S. The van der Waals surface area contributed by atoms with E-state index in [1.165, 1.54) is 37.6 Å². The average molecular weight is 344 g/mol. The highest BCUT2D eigenvalue weighted by molar-refractivity contribution is 7.89. The SMILES string of the molecule is COc1cc(OC)c(S(=O)(=O)N2CCOCC2)cc1NC(C)=O. The first-order valence-electron chi connectivity index (χ1n) is 7.01. The maximum absolute atomic E-state index is 12.8. The third-order valence-electron chi connectivity index (χ3n) is 3.38. The summed E-state index contributed by atoms with van der Waals surface area (Å²) in [5.74, 6) is 0.142. The van der Waals surface area contributed by atoms with Crippen LogP contribution in [0, 0.1) is 0 Å². The molecule has 0 aliphatic carbocycles. The summed E-state index contributed by atoms with van der Waals surface area (Å²) in [6, 6.07) is 2.79. The Labute approximate surface area is 135 Å². The first-order valence-corrected chi connectivity index (χ1v) is 8.45. The standard InChI is InChI=1S/C14H20N2O6S/c1-10(17)15-11-8-14(13(21-3)9-12(11)20-2)23(18,19)16-4-6-22-7-5-16/h8-9H,4-7H2,1-3H3,(H,15,17). The number of nitrogens with one attached hydrogen (secondary N) is 1. The monoisotopic (exact) mass is 344 g/mol. The molecule has 9 heteroatoms. The fourth-order valence-corrected chi connectivity index (χ4v) is 3.86. The van der Waals surface area contributed by atoms with Gasteiger partial charge in [-0.1, -0.05) is 0 Å². The van der Waals surface area contributed by atoms with Crippen molar-refractivity contribution in [3.05, 3.63) is 12.1 Å². The maximum atomic E-state index is 12.8. The molecule has 1 heterocycles. The van der Waals surface area contributed by atoms with E-state index in [-0.39, 0.29) is 35.3 Å². The van der Waals surface area contributed by atoms with Crippen molar-refractivity contribution in [2.45, 2.75) is 11.8 Å². The third kappa shape index (κ3) is 3.74. The van der Waals surface area contributed by atoms with Crippen molar-refractivity contribution < 1.29 is 27.4 Å². The molecule has 0 aromatic heterocycles. The number of carbonyl (C=O) groups excluding carboxylic acids is 1. The van der Waals surface area contributed by atoms with E-state index in [1.807, 2.05) is 0 Å². The van der Waals surface area contributed by atoms with Gasteiger partial charge < -0.3 is 19.5 Å². The zero-order valence-electron chi connectivity index (χ0n) is 13.3. The van der Waals surface area contributed by atoms with Gasteiger partial charge in [0, 0.05) is 26.1 Å². The van der Waals surface area contributed by atoms with Crippen molar-refractivity contribution in [3.63, 3.8) is 0 Å². The minimum Gasteiger partial charge on any atom is -0.495 e. The molecule has 0 bridgehead atoms. The van der Waals surface area contributed by atoms with Crippen LogP contribution >= 0.6 is 0 Å². The average Bonchev–Trinajstić information content (AvgIpc) is 2.54. The van der Waals surface area contributed by atoms with Crippen molar-refractivity contribution >= 4 is 21.6 Å². The molecule has 0 radical (unpaired) electrons. The molecule has 1 aliphatic heterocycles. The highest BCUT2D eigenvalue weighted by atomic mass is 32.2. The van der Waals surface area contributed by atoms with E-state index < -0.39 is 10.0 Å². The van der Waals surface area contributed by atoms with Crippen LogP contribution in [0.5, 0.6) is 11.5 Å². The highest BCUT2D eigenvalue weighted by Crippen LogP contribution is 2.37. The number of sulfonamides is 1. The fourth-order valence-electron chi connectivity index (χ4n) is 2.28. The predicted octanol–water partition coefficient (Wildman–Crippen LogP) is 0.683. The molecule has 23 heavy (non-hydrogen) atoms. The van der Waals surface area contributed by atoms with E-state index in [1.54, 1.807) is 0 Å². The van der Waals surface area contributed by atoms with Crippen LogP contribution < -0.4 is 14.8 Å². The largest absolute Gasteiger partial charge is 0.495 e. The Bertz CT molecular complexity index is 683. The van der Waals surface area contributed by atoms with Crippen molar-refractivity contribution in [2.24, 2.45) is 0 Å². The van der Waals surface area contributed by atoms with Crippen LogP contribution in [0.3, 0.4) is 0 Å². The van der Waals surface area contributed by atoms with Crippen molar-refractivity contribution in [1.82, 2.24) is 4.31 Å². The number of nitrogens with zero attached hydrogens (tertiary/aromatic N) is 1. The van der Waals surface area contributed by atoms with Gasteiger partial charge >= 0.3 is 0 Å². The third-order valence-corrected chi connectivity index (χ3v) is 5.30. The first-order chi connectivity index (χ1) is 10.9. The van der Waals surface area contributed by atoms with Crippen LogP contribution in [0.2, 0.25) is 0 Å². The molecule has 0 unspecified atom stereocenters. The number of amides is 1. The second-order valence-corrected chi connectivity index (χ2v) is 6.81. The van der Waals surface area contributed by atoms with Crippen LogP contribution in [0.15, 0.2) is 17.0 Å². The van der Waals surface area contributed by atoms with E-state index in [0.29, 0.717) is 19.0 Å². The lowest BCUT2D eigenvalue weighted by Crippen LogP contribution is -2.40. The summed E-state index contributed by atoms with van der Waals surface area (Å²) in [5.41, 5.74) is 0.271.